The highest BCUT2D eigenvalue weighted by Gasteiger charge is 2.36. The van der Waals surface area contributed by atoms with Crippen LogP contribution in [0.3, 0.4) is 0 Å². The number of methoxy groups -OCH3 is 1. The number of amides is 4. The first kappa shape index (κ1) is 17.9. The quantitative estimate of drug-likeness (QED) is 0.616. The van der Waals surface area contributed by atoms with E-state index in [0.29, 0.717) is 21.5 Å². The molecule has 7 heteroatoms. The Morgan fingerprint density at radius 2 is 1.88 bits per heavy atom. The number of urea groups is 1. The summed E-state index contributed by atoms with van der Waals surface area (Å²) in [5.74, 6) is -0.768. The number of aryl methyl sites for hydroxylation is 1. The molecule has 0 unspecified atom stereocenters. The number of barbiturate groups is 1. The van der Waals surface area contributed by atoms with Crippen LogP contribution in [-0.2, 0) is 9.59 Å². The van der Waals surface area contributed by atoms with Crippen molar-refractivity contribution in [1.29, 1.82) is 0 Å². The number of ether oxygens (including phenoxy) is 1. The Morgan fingerprint density at radius 3 is 2.54 bits per heavy atom. The van der Waals surface area contributed by atoms with Gasteiger partial charge in [0.05, 0.1) is 17.3 Å². The molecule has 0 saturated carbocycles. The van der Waals surface area contributed by atoms with Crippen LogP contribution in [0.25, 0.3) is 6.08 Å². The minimum atomic E-state index is -0.765. The maximum atomic E-state index is 12.8. The maximum absolute atomic E-state index is 12.8. The van der Waals surface area contributed by atoms with Gasteiger partial charge in [-0.15, -0.1) is 0 Å². The third kappa shape index (κ3) is 3.39. The fourth-order valence-electron chi connectivity index (χ4n) is 2.60. The highest BCUT2D eigenvalue weighted by molar-refractivity contribution is 9.10. The molecule has 2 aromatic carbocycles. The van der Waals surface area contributed by atoms with Crippen molar-refractivity contribution < 1.29 is 19.1 Å². The van der Waals surface area contributed by atoms with Crippen molar-refractivity contribution in [2.75, 3.05) is 12.0 Å². The molecule has 4 amide bonds. The summed E-state index contributed by atoms with van der Waals surface area (Å²) in [5.41, 5.74) is 1.80. The number of hydrogen-bond acceptors (Lipinski definition) is 4. The fourth-order valence-corrected chi connectivity index (χ4v) is 3.16. The Morgan fingerprint density at radius 1 is 1.12 bits per heavy atom. The summed E-state index contributed by atoms with van der Waals surface area (Å²) < 4.78 is 5.85. The second kappa shape index (κ2) is 7.13. The van der Waals surface area contributed by atoms with E-state index in [-0.39, 0.29) is 5.57 Å². The average molecular weight is 415 g/mol. The third-order valence-electron chi connectivity index (χ3n) is 3.85. The van der Waals surface area contributed by atoms with E-state index in [1.807, 2.05) is 13.0 Å². The highest BCUT2D eigenvalue weighted by Crippen LogP contribution is 2.28. The lowest BCUT2D eigenvalue weighted by Crippen LogP contribution is -2.54. The third-order valence-corrected chi connectivity index (χ3v) is 4.47. The summed E-state index contributed by atoms with van der Waals surface area (Å²) in [6.45, 7) is 1.85. The molecule has 0 radical (unpaired) electrons. The number of rotatable bonds is 3. The Hall–Kier alpha value is -2.93. The number of hydrogen-bond donors (Lipinski definition) is 1. The highest BCUT2D eigenvalue weighted by atomic mass is 79.9. The first-order valence-corrected chi connectivity index (χ1v) is 8.51. The van der Waals surface area contributed by atoms with E-state index in [9.17, 15) is 14.4 Å². The topological polar surface area (TPSA) is 75.7 Å². The standard InChI is InChI=1S/C19H15BrN2O4/c1-11-4-3-5-13(8-11)22-18(24)14(17(23)21-19(22)25)9-12-6-7-16(26-2)15(20)10-12/h3-10H,1-2H3,(H,21,23,25)/b14-9+. The van der Waals surface area contributed by atoms with E-state index >= 15 is 0 Å². The molecule has 132 valence electrons. The van der Waals surface area contributed by atoms with Crippen molar-refractivity contribution in [2.45, 2.75) is 6.92 Å². The van der Waals surface area contributed by atoms with E-state index in [2.05, 4.69) is 21.2 Å². The van der Waals surface area contributed by atoms with Crippen LogP contribution in [0.5, 0.6) is 5.75 Å². The monoisotopic (exact) mass is 414 g/mol. The predicted octanol–water partition coefficient (Wildman–Crippen LogP) is 3.43. The average Bonchev–Trinajstić information content (AvgIpc) is 2.58. The molecule has 1 aliphatic rings. The van der Waals surface area contributed by atoms with Crippen molar-refractivity contribution in [1.82, 2.24) is 5.32 Å². The van der Waals surface area contributed by atoms with Crippen LogP contribution in [0, 0.1) is 6.92 Å². The number of halogens is 1. The molecule has 1 fully saturated rings. The van der Waals surface area contributed by atoms with Gasteiger partial charge in [-0.25, -0.2) is 9.69 Å². The molecule has 0 spiro atoms. The summed E-state index contributed by atoms with van der Waals surface area (Å²) in [7, 11) is 1.54. The van der Waals surface area contributed by atoms with Crippen molar-refractivity contribution in [3.05, 3.63) is 63.6 Å². The minimum Gasteiger partial charge on any atom is -0.496 e. The molecule has 0 aliphatic carbocycles. The Labute approximate surface area is 158 Å². The number of benzene rings is 2. The summed E-state index contributed by atoms with van der Waals surface area (Å²) in [5, 5.41) is 2.21. The van der Waals surface area contributed by atoms with Crippen LogP contribution in [0.15, 0.2) is 52.5 Å². The van der Waals surface area contributed by atoms with Crippen molar-refractivity contribution in [3.8, 4) is 5.75 Å². The van der Waals surface area contributed by atoms with E-state index in [1.54, 1.807) is 43.5 Å². The van der Waals surface area contributed by atoms with Crippen LogP contribution in [0.2, 0.25) is 0 Å². The van der Waals surface area contributed by atoms with Gasteiger partial charge >= 0.3 is 6.03 Å². The smallest absolute Gasteiger partial charge is 0.335 e. The zero-order chi connectivity index (χ0) is 18.8. The van der Waals surface area contributed by atoms with Gasteiger partial charge in [0.1, 0.15) is 11.3 Å². The Balaban J connectivity index is 2.01. The number of nitrogens with zero attached hydrogens (tertiary/aromatic N) is 1. The molecule has 1 aliphatic heterocycles. The van der Waals surface area contributed by atoms with Crippen LogP contribution < -0.4 is 15.0 Å². The van der Waals surface area contributed by atoms with Crippen LogP contribution >= 0.6 is 15.9 Å². The Kier molecular flexibility index (Phi) is 4.90. The molecule has 1 saturated heterocycles. The summed E-state index contributed by atoms with van der Waals surface area (Å²) in [4.78, 5) is 38.1. The lowest BCUT2D eigenvalue weighted by Gasteiger charge is -2.26. The molecular formula is C19H15BrN2O4. The molecule has 1 N–H and O–H groups in total. The number of carbonyl (C=O) groups excluding carboxylic acids is 3. The molecule has 3 rings (SSSR count). The maximum Gasteiger partial charge on any atom is 0.335 e. The largest absolute Gasteiger partial charge is 0.496 e. The molecule has 2 aromatic rings. The molecular weight excluding hydrogens is 400 g/mol. The number of anilines is 1. The van der Waals surface area contributed by atoms with Gasteiger partial charge in [0, 0.05) is 0 Å². The molecule has 1 heterocycles. The number of imide groups is 2. The van der Waals surface area contributed by atoms with E-state index in [4.69, 9.17) is 4.74 Å². The Bertz CT molecular complexity index is 952. The second-order valence-electron chi connectivity index (χ2n) is 5.69. The van der Waals surface area contributed by atoms with Crippen LogP contribution in [0.1, 0.15) is 11.1 Å². The molecule has 0 atom stereocenters. The van der Waals surface area contributed by atoms with Crippen LogP contribution in [0.4, 0.5) is 10.5 Å². The second-order valence-corrected chi connectivity index (χ2v) is 6.55. The van der Waals surface area contributed by atoms with Crippen molar-refractivity contribution in [2.24, 2.45) is 0 Å². The summed E-state index contributed by atoms with van der Waals surface area (Å²) >= 11 is 3.36. The van der Waals surface area contributed by atoms with Gasteiger partial charge in [0.2, 0.25) is 0 Å². The zero-order valence-corrected chi connectivity index (χ0v) is 15.7. The van der Waals surface area contributed by atoms with Gasteiger partial charge in [0.15, 0.2) is 0 Å². The van der Waals surface area contributed by atoms with Gasteiger partial charge in [-0.05, 0) is 64.3 Å². The molecule has 0 aromatic heterocycles. The SMILES string of the molecule is COc1ccc(/C=C2\C(=O)NC(=O)N(c3cccc(C)c3)C2=O)cc1Br. The van der Waals surface area contributed by atoms with E-state index in [1.165, 1.54) is 6.08 Å². The fraction of sp³-hybridized carbons (Fsp3) is 0.105. The number of carbonyl (C=O) groups is 3. The molecule has 26 heavy (non-hydrogen) atoms. The lowest BCUT2D eigenvalue weighted by atomic mass is 10.1. The first-order chi connectivity index (χ1) is 12.4. The summed E-state index contributed by atoms with van der Waals surface area (Å²) in [6.07, 6.45) is 1.44. The minimum absolute atomic E-state index is 0.122. The molecule has 0 bridgehead atoms. The molecule has 6 nitrogen and oxygen atoms in total. The lowest BCUT2D eigenvalue weighted by molar-refractivity contribution is -0.122. The van der Waals surface area contributed by atoms with Crippen molar-refractivity contribution >= 4 is 45.5 Å². The predicted molar refractivity (Wildman–Crippen MR) is 101 cm³/mol. The van der Waals surface area contributed by atoms with Crippen LogP contribution in [-0.4, -0.2) is 25.0 Å². The zero-order valence-electron chi connectivity index (χ0n) is 14.1. The van der Waals surface area contributed by atoms with E-state index < -0.39 is 17.8 Å². The van der Waals surface area contributed by atoms with Gasteiger partial charge in [-0.1, -0.05) is 18.2 Å². The first-order valence-electron chi connectivity index (χ1n) is 7.72. The summed E-state index contributed by atoms with van der Waals surface area (Å²) in [6, 6.07) is 11.3. The van der Waals surface area contributed by atoms with Gasteiger partial charge in [-0.2, -0.15) is 0 Å². The normalized spacial score (nSPS) is 16.0. The van der Waals surface area contributed by atoms with Gasteiger partial charge in [0.25, 0.3) is 11.8 Å². The number of nitrogens with one attached hydrogen (secondary N) is 1. The van der Waals surface area contributed by atoms with Gasteiger partial charge in [-0.3, -0.25) is 14.9 Å². The van der Waals surface area contributed by atoms with Crippen molar-refractivity contribution in [3.63, 3.8) is 0 Å². The van der Waals surface area contributed by atoms with Gasteiger partial charge < -0.3 is 4.74 Å². The van der Waals surface area contributed by atoms with E-state index in [0.717, 1.165) is 10.5 Å².